The van der Waals surface area contributed by atoms with Gasteiger partial charge in [0.2, 0.25) is 10.1 Å². The summed E-state index contributed by atoms with van der Waals surface area (Å²) in [5, 5.41) is 14.6. The topological polar surface area (TPSA) is 66.5 Å². The van der Waals surface area contributed by atoms with Gasteiger partial charge in [-0.3, -0.25) is 4.98 Å². The molecule has 0 saturated carbocycles. The summed E-state index contributed by atoms with van der Waals surface area (Å²) in [5.41, 5.74) is 1.85. The molecule has 0 amide bonds. The molecule has 0 saturated heterocycles. The van der Waals surface area contributed by atoms with Crippen LogP contribution in [-0.2, 0) is 0 Å². The van der Waals surface area contributed by atoms with Crippen LogP contribution in [0.2, 0.25) is 0 Å². The van der Waals surface area contributed by atoms with Crippen molar-refractivity contribution in [2.45, 2.75) is 19.9 Å². The first kappa shape index (κ1) is 14.0. The molecule has 0 aliphatic rings. The third-order valence-corrected chi connectivity index (χ3v) is 4.16. The van der Waals surface area contributed by atoms with Crippen LogP contribution in [-0.4, -0.2) is 43.9 Å². The molecule has 0 fully saturated rings. The largest absolute Gasteiger partial charge is 0.395 e. The van der Waals surface area contributed by atoms with Crippen molar-refractivity contribution in [2.24, 2.45) is 0 Å². The van der Waals surface area contributed by atoms with Crippen molar-refractivity contribution in [3.8, 4) is 11.3 Å². The molecule has 21 heavy (non-hydrogen) atoms. The van der Waals surface area contributed by atoms with Gasteiger partial charge in [-0.05, 0) is 26.0 Å². The van der Waals surface area contributed by atoms with E-state index in [0.29, 0.717) is 6.54 Å². The molecule has 0 bridgehead atoms. The van der Waals surface area contributed by atoms with Crippen molar-refractivity contribution in [2.75, 3.05) is 18.1 Å². The Hall–Kier alpha value is -1.99. The van der Waals surface area contributed by atoms with E-state index in [1.54, 1.807) is 16.9 Å². The Morgan fingerprint density at radius 2 is 2.29 bits per heavy atom. The minimum atomic E-state index is 0.112. The first-order valence-electron chi connectivity index (χ1n) is 6.83. The number of aliphatic hydroxyl groups excluding tert-OH is 1. The molecule has 6 nitrogen and oxygen atoms in total. The van der Waals surface area contributed by atoms with Crippen LogP contribution < -0.4 is 4.90 Å². The number of nitrogens with zero attached hydrogens (tertiary/aromatic N) is 5. The Bertz CT molecular complexity index is 690. The molecule has 3 rings (SSSR count). The standard InChI is InChI=1S/C14H17N5OS/c1-10(2)18(6-7-20)14-17-19-9-12(16-13(19)21-14)11-4-3-5-15-8-11/h3-5,8-10,20H,6-7H2,1-2H3. The van der Waals surface area contributed by atoms with Crippen LogP contribution in [0.3, 0.4) is 0 Å². The van der Waals surface area contributed by atoms with Crippen LogP contribution in [0.1, 0.15) is 13.8 Å². The van der Waals surface area contributed by atoms with Gasteiger partial charge in [-0.2, -0.15) is 0 Å². The summed E-state index contributed by atoms with van der Waals surface area (Å²) >= 11 is 1.52. The maximum absolute atomic E-state index is 9.17. The molecular weight excluding hydrogens is 286 g/mol. The van der Waals surface area contributed by atoms with Gasteiger partial charge in [-0.25, -0.2) is 9.50 Å². The van der Waals surface area contributed by atoms with E-state index in [2.05, 4.69) is 33.8 Å². The van der Waals surface area contributed by atoms with Crippen LogP contribution in [0, 0.1) is 0 Å². The average molecular weight is 303 g/mol. The maximum atomic E-state index is 9.17. The third-order valence-electron chi connectivity index (χ3n) is 3.20. The average Bonchev–Trinajstić information content (AvgIpc) is 3.03. The molecule has 7 heteroatoms. The molecule has 0 aromatic carbocycles. The fourth-order valence-corrected chi connectivity index (χ4v) is 3.18. The van der Waals surface area contributed by atoms with E-state index in [1.807, 2.05) is 18.3 Å². The number of anilines is 1. The van der Waals surface area contributed by atoms with Crippen LogP contribution >= 0.6 is 11.3 Å². The zero-order chi connectivity index (χ0) is 14.8. The number of rotatable bonds is 5. The molecule has 0 aliphatic carbocycles. The highest BCUT2D eigenvalue weighted by molar-refractivity contribution is 7.20. The molecule has 0 radical (unpaired) electrons. The van der Waals surface area contributed by atoms with E-state index < -0.39 is 0 Å². The number of pyridine rings is 1. The molecule has 0 atom stereocenters. The highest BCUT2D eigenvalue weighted by atomic mass is 32.1. The summed E-state index contributed by atoms with van der Waals surface area (Å²) in [6, 6.07) is 4.15. The highest BCUT2D eigenvalue weighted by Gasteiger charge is 2.17. The van der Waals surface area contributed by atoms with E-state index in [9.17, 15) is 5.11 Å². The molecule has 0 unspecified atom stereocenters. The van der Waals surface area contributed by atoms with Crippen molar-refractivity contribution >= 4 is 21.4 Å². The minimum Gasteiger partial charge on any atom is -0.395 e. The zero-order valence-corrected chi connectivity index (χ0v) is 12.8. The maximum Gasteiger partial charge on any atom is 0.214 e. The predicted octanol–water partition coefficient (Wildman–Crippen LogP) is 2.06. The Morgan fingerprint density at radius 1 is 1.43 bits per heavy atom. The van der Waals surface area contributed by atoms with Gasteiger partial charge in [-0.1, -0.05) is 11.3 Å². The third kappa shape index (κ3) is 2.74. The first-order valence-corrected chi connectivity index (χ1v) is 7.65. The molecule has 0 spiro atoms. The Morgan fingerprint density at radius 3 is 2.90 bits per heavy atom. The van der Waals surface area contributed by atoms with Gasteiger partial charge < -0.3 is 10.0 Å². The monoisotopic (exact) mass is 303 g/mol. The zero-order valence-electron chi connectivity index (χ0n) is 12.0. The van der Waals surface area contributed by atoms with E-state index in [0.717, 1.165) is 21.3 Å². The number of fused-ring (bicyclic) bond motifs is 1. The summed E-state index contributed by atoms with van der Waals surface area (Å²) in [6.07, 6.45) is 5.44. The Balaban J connectivity index is 1.94. The van der Waals surface area contributed by atoms with Crippen LogP contribution in [0.4, 0.5) is 5.13 Å². The molecular formula is C14H17N5OS. The first-order chi connectivity index (χ1) is 10.2. The normalized spacial score (nSPS) is 11.4. The van der Waals surface area contributed by atoms with Gasteiger partial charge in [-0.15, -0.1) is 5.10 Å². The molecule has 3 aromatic heterocycles. The number of hydrogen-bond acceptors (Lipinski definition) is 6. The second kappa shape index (κ2) is 5.79. The van der Waals surface area contributed by atoms with E-state index >= 15 is 0 Å². The lowest BCUT2D eigenvalue weighted by Gasteiger charge is -2.24. The Labute approximate surface area is 126 Å². The second-order valence-electron chi connectivity index (χ2n) is 4.99. The van der Waals surface area contributed by atoms with Crippen molar-refractivity contribution in [1.29, 1.82) is 0 Å². The van der Waals surface area contributed by atoms with Gasteiger partial charge in [0.05, 0.1) is 18.5 Å². The number of imidazole rings is 1. The van der Waals surface area contributed by atoms with Crippen molar-refractivity contribution in [3.05, 3.63) is 30.7 Å². The lowest BCUT2D eigenvalue weighted by Crippen LogP contribution is -2.33. The van der Waals surface area contributed by atoms with Crippen LogP contribution in [0.15, 0.2) is 30.7 Å². The fraction of sp³-hybridized carbons (Fsp3) is 0.357. The van der Waals surface area contributed by atoms with Gasteiger partial charge in [0.15, 0.2) is 0 Å². The number of aromatic nitrogens is 4. The Kier molecular flexibility index (Phi) is 3.85. The summed E-state index contributed by atoms with van der Waals surface area (Å²) in [6.45, 7) is 4.85. The molecule has 1 N–H and O–H groups in total. The fourth-order valence-electron chi connectivity index (χ4n) is 2.14. The molecule has 3 aromatic rings. The summed E-state index contributed by atoms with van der Waals surface area (Å²) in [7, 11) is 0. The molecule has 0 aliphatic heterocycles. The van der Waals surface area contributed by atoms with Gasteiger partial charge in [0.1, 0.15) is 0 Å². The van der Waals surface area contributed by atoms with Crippen molar-refractivity contribution in [1.82, 2.24) is 19.6 Å². The van der Waals surface area contributed by atoms with Gasteiger partial charge in [0.25, 0.3) is 0 Å². The van der Waals surface area contributed by atoms with Gasteiger partial charge in [0, 0.05) is 30.5 Å². The van der Waals surface area contributed by atoms with Crippen molar-refractivity contribution in [3.63, 3.8) is 0 Å². The molecule has 110 valence electrons. The number of aliphatic hydroxyl groups is 1. The smallest absolute Gasteiger partial charge is 0.214 e. The van der Waals surface area contributed by atoms with Crippen LogP contribution in [0.25, 0.3) is 16.2 Å². The predicted molar refractivity (Wildman–Crippen MR) is 83.7 cm³/mol. The van der Waals surface area contributed by atoms with E-state index in [-0.39, 0.29) is 12.6 Å². The van der Waals surface area contributed by atoms with Crippen LogP contribution in [0.5, 0.6) is 0 Å². The quantitative estimate of drug-likeness (QED) is 0.781. The van der Waals surface area contributed by atoms with Crippen molar-refractivity contribution < 1.29 is 5.11 Å². The van der Waals surface area contributed by atoms with Gasteiger partial charge >= 0.3 is 0 Å². The lowest BCUT2D eigenvalue weighted by atomic mass is 10.2. The van der Waals surface area contributed by atoms with E-state index in [1.165, 1.54) is 11.3 Å². The van der Waals surface area contributed by atoms with E-state index in [4.69, 9.17) is 0 Å². The SMILES string of the molecule is CC(C)N(CCO)c1nn2cc(-c3cccnc3)nc2s1. The summed E-state index contributed by atoms with van der Waals surface area (Å²) < 4.78 is 1.79. The summed E-state index contributed by atoms with van der Waals surface area (Å²) in [4.78, 5) is 11.6. The minimum absolute atomic E-state index is 0.112. The summed E-state index contributed by atoms with van der Waals surface area (Å²) in [5.74, 6) is 0. The second-order valence-corrected chi connectivity index (χ2v) is 5.92. The lowest BCUT2D eigenvalue weighted by molar-refractivity contribution is 0.299. The highest BCUT2D eigenvalue weighted by Crippen LogP contribution is 2.27. The number of hydrogen-bond donors (Lipinski definition) is 1. The molecule has 3 heterocycles.